The SMILES string of the molecule is [F-].[F-].[NH-]C=O.[NH-]C=O.[NH-]C=O.[NH-]C=O.[Zr+3].[Zr+3]. The number of carbonyl (C=O) groups excluding carboxylic acids is 4. The van der Waals surface area contributed by atoms with Crippen LogP contribution in [0.3, 0.4) is 0 Å². The molecule has 4 amide bonds. The van der Waals surface area contributed by atoms with E-state index in [0.717, 1.165) is 0 Å². The second-order valence-electron chi connectivity index (χ2n) is 0.471. The van der Waals surface area contributed by atoms with Crippen molar-refractivity contribution in [3.8, 4) is 0 Å². The van der Waals surface area contributed by atoms with Gasteiger partial charge in [-0.2, -0.15) is 0 Å². The van der Waals surface area contributed by atoms with E-state index in [9.17, 15) is 0 Å². The van der Waals surface area contributed by atoms with Gasteiger partial charge in [0, 0.05) is 25.6 Å². The van der Waals surface area contributed by atoms with E-state index < -0.39 is 0 Å². The summed E-state index contributed by atoms with van der Waals surface area (Å²) in [5.74, 6) is 0. The molecule has 0 aliphatic carbocycles. The fourth-order valence-electron chi connectivity index (χ4n) is 0. The second kappa shape index (κ2) is 215. The normalized spacial score (nSPS) is 3.00. The molecule has 0 saturated heterocycles. The Hall–Kier alpha value is -0.494. The molecule has 0 rings (SSSR count). The molecule has 90 valence electrons. The fraction of sp³-hybridized carbons (Fsp3) is 0. The van der Waals surface area contributed by atoms with Gasteiger partial charge in [-0.3, -0.25) is 0 Å². The summed E-state index contributed by atoms with van der Waals surface area (Å²) in [6, 6.07) is 0. The van der Waals surface area contributed by atoms with E-state index >= 15 is 0 Å². The van der Waals surface area contributed by atoms with Crippen molar-refractivity contribution in [3.05, 3.63) is 22.9 Å². The molecule has 0 aromatic carbocycles. The molecule has 0 atom stereocenters. The summed E-state index contributed by atoms with van der Waals surface area (Å²) in [5.41, 5.74) is 22.1. The topological polar surface area (TPSA) is 163 Å². The van der Waals surface area contributed by atoms with Crippen LogP contribution < -0.4 is 9.41 Å². The maximum Gasteiger partial charge on any atom is 3.00 e. The van der Waals surface area contributed by atoms with Gasteiger partial charge in [-0.05, 0) is 0 Å². The quantitative estimate of drug-likeness (QED) is 0.374. The predicted molar refractivity (Wildman–Crippen MR) is 41.5 cm³/mol. The molecule has 12 heteroatoms. The van der Waals surface area contributed by atoms with Gasteiger partial charge < -0.3 is 51.5 Å². The Morgan fingerprint density at radius 1 is 0.500 bits per heavy atom. The summed E-state index contributed by atoms with van der Waals surface area (Å²) in [5, 5.41) is 0. The van der Waals surface area contributed by atoms with Crippen LogP contribution in [0.1, 0.15) is 0 Å². The summed E-state index contributed by atoms with van der Waals surface area (Å²) in [4.78, 5) is 33.9. The Kier molecular flexibility index (Phi) is 779. The van der Waals surface area contributed by atoms with Crippen LogP contribution in [0.2, 0.25) is 0 Å². The molecule has 0 aromatic heterocycles. The van der Waals surface area contributed by atoms with Crippen LogP contribution in [0.15, 0.2) is 0 Å². The molecule has 0 saturated carbocycles. The molecule has 0 heterocycles. The molecule has 8 nitrogen and oxygen atoms in total. The van der Waals surface area contributed by atoms with E-state index in [4.69, 9.17) is 42.1 Å². The first-order valence-electron chi connectivity index (χ1n) is 2.10. The summed E-state index contributed by atoms with van der Waals surface area (Å²) in [6.45, 7) is 0. The van der Waals surface area contributed by atoms with Crippen LogP contribution in [-0.2, 0) is 71.6 Å². The summed E-state index contributed by atoms with van der Waals surface area (Å²) in [7, 11) is 0. The minimum atomic E-state index is 0. The number of hydrogen-bond donors (Lipinski definition) is 0. The van der Waals surface area contributed by atoms with Crippen molar-refractivity contribution in [2.75, 3.05) is 0 Å². The maximum absolute atomic E-state index is 8.47. The summed E-state index contributed by atoms with van der Waals surface area (Å²) >= 11 is 0. The second-order valence-corrected chi connectivity index (χ2v) is 0.471. The van der Waals surface area contributed by atoms with Gasteiger partial charge in [0.2, 0.25) is 0 Å². The molecule has 0 bridgehead atoms. The van der Waals surface area contributed by atoms with Gasteiger partial charge in [0.05, 0.1) is 0 Å². The Bertz CT molecular complexity index is 90.0. The fourth-order valence-corrected chi connectivity index (χ4v) is 0. The van der Waals surface area contributed by atoms with Crippen LogP contribution in [0, 0.1) is 0 Å². The van der Waals surface area contributed by atoms with E-state index in [1.165, 1.54) is 0 Å². The largest absolute Gasteiger partial charge is 3.00 e. The average Bonchev–Trinajstić information content (AvgIpc) is 1.92. The molecule has 0 aliphatic rings. The monoisotopic (exact) mass is 394 g/mol. The zero-order valence-corrected chi connectivity index (χ0v) is 12.6. The maximum atomic E-state index is 8.47. The molecule has 4 N–H and O–H groups in total. The molecule has 16 heavy (non-hydrogen) atoms. The van der Waals surface area contributed by atoms with Gasteiger partial charge in [0.15, 0.2) is 0 Å². The van der Waals surface area contributed by atoms with Crippen molar-refractivity contribution in [1.29, 1.82) is 0 Å². The van der Waals surface area contributed by atoms with Gasteiger partial charge in [0.25, 0.3) is 0 Å². The van der Waals surface area contributed by atoms with E-state index in [0.29, 0.717) is 0 Å². The number of halogens is 2. The molecule has 0 aliphatic heterocycles. The first kappa shape index (κ1) is 57.9. The van der Waals surface area contributed by atoms with Crippen molar-refractivity contribution in [2.45, 2.75) is 0 Å². The summed E-state index contributed by atoms with van der Waals surface area (Å²) in [6.07, 6.45) is 0. The molecular weight excluding hydrogens is 389 g/mol. The van der Waals surface area contributed by atoms with Crippen LogP contribution >= 0.6 is 0 Å². The van der Waals surface area contributed by atoms with Gasteiger partial charge in [-0.25, -0.2) is 0 Å². The Labute approximate surface area is 129 Å². The first-order valence-corrected chi connectivity index (χ1v) is 2.10. The van der Waals surface area contributed by atoms with Crippen LogP contribution in [0.5, 0.6) is 0 Å². The average molecular weight is 397 g/mol. The third kappa shape index (κ3) is 8660. The molecule has 2 radical (unpaired) electrons. The zero-order valence-electron chi connectivity index (χ0n) is 7.70. The number of carbonyl (C=O) groups is 4. The van der Waals surface area contributed by atoms with Gasteiger partial charge in [-0.1, -0.05) is 0 Å². The van der Waals surface area contributed by atoms with Crippen molar-refractivity contribution in [3.63, 3.8) is 0 Å². The summed E-state index contributed by atoms with van der Waals surface area (Å²) < 4.78 is 0. The third-order valence-electron chi connectivity index (χ3n) is 0. The van der Waals surface area contributed by atoms with E-state index in [1.54, 1.807) is 0 Å². The van der Waals surface area contributed by atoms with E-state index in [-0.39, 0.29) is 87.5 Å². The van der Waals surface area contributed by atoms with E-state index in [1.807, 2.05) is 0 Å². The minimum Gasteiger partial charge on any atom is -1.00 e. The Balaban J connectivity index is -0.00000000821. The smallest absolute Gasteiger partial charge is 1.00 e. The molecule has 0 spiro atoms. The molecule has 0 unspecified atom stereocenters. The standard InChI is InChI=1S/4CH3NO.2FH.2Zr/c4*2-1-3;;;;/h4*1H,(H2,2,3);2*1H;;/q;;;;;;2*+3/p-6. The Morgan fingerprint density at radius 2 is 0.500 bits per heavy atom. The molecule has 0 fully saturated rings. The van der Waals surface area contributed by atoms with E-state index in [2.05, 4.69) is 0 Å². The Morgan fingerprint density at radius 3 is 0.500 bits per heavy atom. The van der Waals surface area contributed by atoms with Crippen molar-refractivity contribution in [1.82, 2.24) is 0 Å². The van der Waals surface area contributed by atoms with Crippen molar-refractivity contribution >= 4 is 25.6 Å². The number of hydrogen-bond acceptors (Lipinski definition) is 4. The van der Waals surface area contributed by atoms with Crippen molar-refractivity contribution < 1.29 is 81.0 Å². The first-order chi connectivity index (χ1) is 5.66. The van der Waals surface area contributed by atoms with Gasteiger partial charge in [0.1, 0.15) is 0 Å². The van der Waals surface area contributed by atoms with Gasteiger partial charge in [-0.15, -0.1) is 0 Å². The van der Waals surface area contributed by atoms with Crippen LogP contribution in [-0.4, -0.2) is 25.6 Å². The minimum absolute atomic E-state index is 0. The molecular formula is C4H8F2N4O4Zr2. The van der Waals surface area contributed by atoms with Gasteiger partial charge >= 0.3 is 52.4 Å². The van der Waals surface area contributed by atoms with Crippen molar-refractivity contribution in [2.24, 2.45) is 0 Å². The molecule has 0 aromatic rings. The third-order valence-corrected chi connectivity index (χ3v) is 0. The van der Waals surface area contributed by atoms with Crippen LogP contribution in [0.25, 0.3) is 22.9 Å². The number of amides is 4. The number of rotatable bonds is 0. The van der Waals surface area contributed by atoms with Crippen LogP contribution in [0.4, 0.5) is 0 Å². The predicted octanol–water partition coefficient (Wildman–Crippen LogP) is -5.22. The zero-order chi connectivity index (χ0) is 10.8. The number of nitrogens with one attached hydrogen (secondary N) is 4.